The smallest absolute Gasteiger partial charge is 0.254 e. The number of benzene rings is 1. The number of sulfonamides is 1. The molecule has 7 nitrogen and oxygen atoms in total. The van der Waals surface area contributed by atoms with E-state index in [-0.39, 0.29) is 34.9 Å². The van der Waals surface area contributed by atoms with Crippen LogP contribution in [0.15, 0.2) is 29.2 Å². The molecule has 0 aromatic heterocycles. The zero-order valence-corrected chi connectivity index (χ0v) is 16.4. The average Bonchev–Trinajstić information content (AvgIpc) is 3.14. The molecule has 0 aliphatic carbocycles. The van der Waals surface area contributed by atoms with Crippen molar-refractivity contribution in [1.82, 2.24) is 14.5 Å². The molecule has 0 spiro atoms. The maximum absolute atomic E-state index is 12.7. The molecule has 8 heteroatoms. The largest absolute Gasteiger partial charge is 0.352 e. The van der Waals surface area contributed by atoms with Crippen LogP contribution in [0.4, 0.5) is 0 Å². The summed E-state index contributed by atoms with van der Waals surface area (Å²) in [6, 6.07) is 6.04. The van der Waals surface area contributed by atoms with Crippen molar-refractivity contribution in [1.29, 1.82) is 0 Å². The molecular formula is C18H27N3O4S. The zero-order chi connectivity index (χ0) is 19.3. The molecule has 1 aliphatic heterocycles. The number of hydrogen-bond donors (Lipinski definition) is 1. The Morgan fingerprint density at radius 1 is 1.23 bits per heavy atom. The normalized spacial score (nSPS) is 15.2. The summed E-state index contributed by atoms with van der Waals surface area (Å²) in [6.45, 7) is 6.80. The molecule has 1 aromatic carbocycles. The number of hydrogen-bond acceptors (Lipinski definition) is 4. The minimum absolute atomic E-state index is 0.00904. The van der Waals surface area contributed by atoms with Crippen LogP contribution in [0.5, 0.6) is 0 Å². The molecule has 1 heterocycles. The highest BCUT2D eigenvalue weighted by molar-refractivity contribution is 7.89. The Hall–Kier alpha value is -1.93. The highest BCUT2D eigenvalue weighted by Crippen LogP contribution is 2.22. The number of likely N-dealkylation sites (N-methyl/N-ethyl adjacent to an activating group) is 1. The summed E-state index contributed by atoms with van der Waals surface area (Å²) >= 11 is 0. The highest BCUT2D eigenvalue weighted by atomic mass is 32.2. The molecule has 1 fully saturated rings. The van der Waals surface area contributed by atoms with Gasteiger partial charge in [0.25, 0.3) is 5.91 Å². The van der Waals surface area contributed by atoms with Gasteiger partial charge in [0.2, 0.25) is 15.9 Å². The van der Waals surface area contributed by atoms with Crippen LogP contribution >= 0.6 is 0 Å². The molecule has 144 valence electrons. The van der Waals surface area contributed by atoms with Crippen LogP contribution in [0.25, 0.3) is 0 Å². The van der Waals surface area contributed by atoms with Gasteiger partial charge in [0.1, 0.15) is 0 Å². The van der Waals surface area contributed by atoms with E-state index in [2.05, 4.69) is 5.32 Å². The van der Waals surface area contributed by atoms with Gasteiger partial charge in [-0.1, -0.05) is 6.07 Å². The van der Waals surface area contributed by atoms with Gasteiger partial charge in [0, 0.05) is 31.2 Å². The van der Waals surface area contributed by atoms with Crippen molar-refractivity contribution < 1.29 is 18.0 Å². The van der Waals surface area contributed by atoms with Crippen LogP contribution in [0.1, 0.15) is 44.0 Å². The van der Waals surface area contributed by atoms with E-state index in [9.17, 15) is 18.0 Å². The van der Waals surface area contributed by atoms with Gasteiger partial charge in [-0.15, -0.1) is 0 Å². The molecule has 0 radical (unpaired) electrons. The minimum atomic E-state index is -3.58. The lowest BCUT2D eigenvalue weighted by Crippen LogP contribution is -2.42. The van der Waals surface area contributed by atoms with Gasteiger partial charge < -0.3 is 10.2 Å². The Kier molecular flexibility index (Phi) is 6.77. The van der Waals surface area contributed by atoms with Gasteiger partial charge in [0.15, 0.2) is 0 Å². The van der Waals surface area contributed by atoms with E-state index >= 15 is 0 Å². The SMILES string of the molecule is CCN(CC(=O)NC(C)C)C(=O)c1cccc(S(=O)(=O)N2CCCC2)c1. The molecule has 0 atom stereocenters. The maximum Gasteiger partial charge on any atom is 0.254 e. The average molecular weight is 381 g/mol. The summed E-state index contributed by atoms with van der Waals surface area (Å²) in [6.07, 6.45) is 1.71. The van der Waals surface area contributed by atoms with E-state index in [0.29, 0.717) is 19.6 Å². The standard InChI is InChI=1S/C18H27N3O4S/c1-4-20(13-17(22)19-14(2)3)18(23)15-8-7-9-16(12-15)26(24,25)21-10-5-6-11-21/h7-9,12,14H,4-6,10-11,13H2,1-3H3,(H,19,22). The Morgan fingerprint density at radius 3 is 2.46 bits per heavy atom. The Balaban J connectivity index is 2.19. The van der Waals surface area contributed by atoms with Crippen LogP contribution in [-0.4, -0.2) is 61.7 Å². The second-order valence-electron chi connectivity index (χ2n) is 6.68. The van der Waals surface area contributed by atoms with Gasteiger partial charge in [-0.3, -0.25) is 9.59 Å². The molecule has 2 amide bonds. The molecule has 0 unspecified atom stereocenters. The molecule has 26 heavy (non-hydrogen) atoms. The fraction of sp³-hybridized carbons (Fsp3) is 0.556. The highest BCUT2D eigenvalue weighted by Gasteiger charge is 2.28. The van der Waals surface area contributed by atoms with Gasteiger partial charge >= 0.3 is 0 Å². The van der Waals surface area contributed by atoms with Gasteiger partial charge in [-0.05, 0) is 51.8 Å². The molecule has 0 saturated carbocycles. The van der Waals surface area contributed by atoms with Crippen molar-refractivity contribution in [2.45, 2.75) is 44.6 Å². The summed E-state index contributed by atoms with van der Waals surface area (Å²) in [5.74, 6) is -0.596. The van der Waals surface area contributed by atoms with Crippen LogP contribution in [0, 0.1) is 0 Å². The monoisotopic (exact) mass is 381 g/mol. The molecule has 1 aliphatic rings. The Morgan fingerprint density at radius 2 is 1.88 bits per heavy atom. The quantitative estimate of drug-likeness (QED) is 0.775. The first-order valence-electron chi connectivity index (χ1n) is 8.94. The predicted octanol–water partition coefficient (Wildman–Crippen LogP) is 1.46. The third-order valence-electron chi connectivity index (χ3n) is 4.24. The van der Waals surface area contributed by atoms with Gasteiger partial charge in [-0.25, -0.2) is 8.42 Å². The molecule has 0 bridgehead atoms. The summed E-state index contributed by atoms with van der Waals surface area (Å²) in [5.41, 5.74) is 0.268. The fourth-order valence-corrected chi connectivity index (χ4v) is 4.48. The lowest BCUT2D eigenvalue weighted by atomic mass is 10.2. The fourth-order valence-electron chi connectivity index (χ4n) is 2.92. The molecule has 2 rings (SSSR count). The second kappa shape index (κ2) is 8.64. The predicted molar refractivity (Wildman–Crippen MR) is 99.3 cm³/mol. The van der Waals surface area contributed by atoms with Crippen molar-refractivity contribution in [3.05, 3.63) is 29.8 Å². The second-order valence-corrected chi connectivity index (χ2v) is 8.62. The van der Waals surface area contributed by atoms with Crippen LogP contribution in [0.2, 0.25) is 0 Å². The topological polar surface area (TPSA) is 86.8 Å². The van der Waals surface area contributed by atoms with E-state index < -0.39 is 10.0 Å². The Bertz CT molecular complexity index is 755. The zero-order valence-electron chi connectivity index (χ0n) is 15.6. The lowest BCUT2D eigenvalue weighted by molar-refractivity contribution is -0.122. The van der Waals surface area contributed by atoms with Crippen LogP contribution in [-0.2, 0) is 14.8 Å². The number of nitrogens with zero attached hydrogens (tertiary/aromatic N) is 2. The number of rotatable bonds is 7. The van der Waals surface area contributed by atoms with Crippen molar-refractivity contribution in [3.8, 4) is 0 Å². The summed E-state index contributed by atoms with van der Waals surface area (Å²) in [5, 5.41) is 2.75. The third-order valence-corrected chi connectivity index (χ3v) is 6.13. The van der Waals surface area contributed by atoms with E-state index in [1.54, 1.807) is 19.1 Å². The van der Waals surface area contributed by atoms with Crippen LogP contribution in [0.3, 0.4) is 0 Å². The third kappa shape index (κ3) is 4.82. The Labute approximate surface area is 155 Å². The van der Waals surface area contributed by atoms with Crippen molar-refractivity contribution in [2.24, 2.45) is 0 Å². The number of nitrogens with one attached hydrogen (secondary N) is 1. The van der Waals surface area contributed by atoms with Crippen molar-refractivity contribution in [3.63, 3.8) is 0 Å². The maximum atomic E-state index is 12.7. The molecule has 1 N–H and O–H groups in total. The number of amides is 2. The summed E-state index contributed by atoms with van der Waals surface area (Å²) < 4.78 is 26.8. The first-order chi connectivity index (χ1) is 12.3. The summed E-state index contributed by atoms with van der Waals surface area (Å²) in [7, 11) is -3.58. The van der Waals surface area contributed by atoms with Crippen molar-refractivity contribution >= 4 is 21.8 Å². The summed E-state index contributed by atoms with van der Waals surface area (Å²) in [4.78, 5) is 26.2. The minimum Gasteiger partial charge on any atom is -0.352 e. The van der Waals surface area contributed by atoms with Crippen molar-refractivity contribution in [2.75, 3.05) is 26.2 Å². The van der Waals surface area contributed by atoms with Gasteiger partial charge in [-0.2, -0.15) is 4.31 Å². The van der Waals surface area contributed by atoms with E-state index in [1.165, 1.54) is 21.3 Å². The molecular weight excluding hydrogens is 354 g/mol. The first-order valence-corrected chi connectivity index (χ1v) is 10.4. The first kappa shape index (κ1) is 20.4. The van der Waals surface area contributed by atoms with Gasteiger partial charge in [0.05, 0.1) is 11.4 Å². The molecule has 1 aromatic rings. The molecule has 1 saturated heterocycles. The van der Waals surface area contributed by atoms with Crippen LogP contribution < -0.4 is 5.32 Å². The van der Waals surface area contributed by atoms with E-state index in [1.807, 2.05) is 13.8 Å². The van der Waals surface area contributed by atoms with E-state index in [0.717, 1.165) is 12.8 Å². The van der Waals surface area contributed by atoms with E-state index in [4.69, 9.17) is 0 Å². The number of carbonyl (C=O) groups is 2. The number of carbonyl (C=O) groups excluding carboxylic acids is 2. The lowest BCUT2D eigenvalue weighted by Gasteiger charge is -2.22.